The molecular weight excluding hydrogens is 490 g/mol. The number of thiazole rings is 1. The molecule has 34 heavy (non-hydrogen) atoms. The van der Waals surface area contributed by atoms with Gasteiger partial charge in [-0.15, -0.1) is 0 Å². The minimum atomic E-state index is -3.37. The molecule has 0 unspecified atom stereocenters. The van der Waals surface area contributed by atoms with Gasteiger partial charge in [-0.3, -0.25) is 14.7 Å². The third-order valence-electron chi connectivity index (χ3n) is 5.51. The maximum Gasteiger partial charge on any atom is 0.233 e. The van der Waals surface area contributed by atoms with Crippen molar-refractivity contribution in [1.29, 1.82) is 0 Å². The average Bonchev–Trinajstić information content (AvgIpc) is 3.27. The number of pyridine rings is 1. The van der Waals surface area contributed by atoms with Gasteiger partial charge < -0.3 is 0 Å². The van der Waals surface area contributed by atoms with Crippen LogP contribution < -0.4 is 4.90 Å². The second-order valence-corrected chi connectivity index (χ2v) is 12.2. The number of rotatable bonds is 7. The molecule has 4 aromatic rings. The summed E-state index contributed by atoms with van der Waals surface area (Å²) >= 11 is 7.77. The number of hydrogen-bond donors (Lipinski definition) is 0. The number of benzene rings is 2. The molecule has 0 spiro atoms. The van der Waals surface area contributed by atoms with Gasteiger partial charge in [-0.2, -0.15) is 0 Å². The Morgan fingerprint density at radius 2 is 1.82 bits per heavy atom. The van der Waals surface area contributed by atoms with E-state index in [-0.39, 0.29) is 17.2 Å². The fourth-order valence-electron chi connectivity index (χ4n) is 3.48. The average molecular weight is 514 g/mol. The van der Waals surface area contributed by atoms with E-state index in [1.807, 2.05) is 31.2 Å². The first-order chi connectivity index (χ1) is 16.2. The van der Waals surface area contributed by atoms with E-state index in [4.69, 9.17) is 16.6 Å². The molecule has 0 aliphatic rings. The van der Waals surface area contributed by atoms with E-state index in [0.717, 1.165) is 26.9 Å². The summed E-state index contributed by atoms with van der Waals surface area (Å²) in [7, 11) is -3.37. The molecule has 2 aromatic carbocycles. The Kier molecular flexibility index (Phi) is 7.02. The van der Waals surface area contributed by atoms with Crippen LogP contribution in [0.2, 0.25) is 5.02 Å². The van der Waals surface area contributed by atoms with Crippen molar-refractivity contribution in [1.82, 2.24) is 9.97 Å². The van der Waals surface area contributed by atoms with Crippen LogP contribution in [-0.4, -0.2) is 29.5 Å². The van der Waals surface area contributed by atoms with Crippen LogP contribution in [0.1, 0.15) is 30.5 Å². The highest BCUT2D eigenvalue weighted by Gasteiger charge is 2.23. The van der Waals surface area contributed by atoms with Gasteiger partial charge in [-0.05, 0) is 61.7 Å². The van der Waals surface area contributed by atoms with E-state index in [1.54, 1.807) is 55.4 Å². The number of nitrogens with zero attached hydrogens (tertiary/aromatic N) is 3. The molecule has 6 nitrogen and oxygen atoms in total. The van der Waals surface area contributed by atoms with Gasteiger partial charge in [0.25, 0.3) is 0 Å². The van der Waals surface area contributed by atoms with Crippen LogP contribution in [0.3, 0.4) is 0 Å². The molecule has 0 aliphatic heterocycles. The number of amides is 1. The molecule has 0 atom stereocenters. The predicted octanol–water partition coefficient (Wildman–Crippen LogP) is 5.61. The highest BCUT2D eigenvalue weighted by Crippen LogP contribution is 2.36. The van der Waals surface area contributed by atoms with Crippen molar-refractivity contribution in [2.24, 2.45) is 0 Å². The van der Waals surface area contributed by atoms with Crippen LogP contribution in [0.25, 0.3) is 10.2 Å². The lowest BCUT2D eigenvalue weighted by molar-refractivity contribution is -0.118. The van der Waals surface area contributed by atoms with Crippen molar-refractivity contribution in [2.75, 3.05) is 4.90 Å². The number of halogens is 1. The number of carbonyl (C=O) groups is 1. The number of aromatic nitrogens is 2. The van der Waals surface area contributed by atoms with Crippen molar-refractivity contribution < 1.29 is 13.2 Å². The van der Waals surface area contributed by atoms with E-state index >= 15 is 0 Å². The van der Waals surface area contributed by atoms with Crippen LogP contribution in [0.4, 0.5) is 5.13 Å². The van der Waals surface area contributed by atoms with Crippen molar-refractivity contribution in [3.63, 3.8) is 0 Å². The number of anilines is 1. The second kappa shape index (κ2) is 9.82. The third kappa shape index (κ3) is 4.99. The fraction of sp³-hybridized carbons (Fsp3) is 0.240. The Balaban J connectivity index is 1.66. The second-order valence-electron chi connectivity index (χ2n) is 8.29. The molecule has 9 heteroatoms. The van der Waals surface area contributed by atoms with Gasteiger partial charge in [-0.25, -0.2) is 13.4 Å². The summed E-state index contributed by atoms with van der Waals surface area (Å²) < 4.78 is 25.6. The molecule has 0 bridgehead atoms. The summed E-state index contributed by atoms with van der Waals surface area (Å²) in [5.41, 5.74) is 3.35. The first-order valence-corrected chi connectivity index (χ1v) is 13.5. The molecule has 2 heterocycles. The summed E-state index contributed by atoms with van der Waals surface area (Å²) in [5.74, 6) is -0.156. The molecule has 0 fully saturated rings. The van der Waals surface area contributed by atoms with Crippen LogP contribution in [0, 0.1) is 6.92 Å². The fourth-order valence-corrected chi connectivity index (χ4v) is 5.88. The van der Waals surface area contributed by atoms with Crippen LogP contribution >= 0.6 is 22.9 Å². The van der Waals surface area contributed by atoms with Gasteiger partial charge in [0, 0.05) is 12.4 Å². The Bertz CT molecular complexity index is 1390. The Hall–Kier alpha value is -2.81. The SMILES string of the molecule is Cc1ccc(Cl)c2sc(N(Cc3cccnc3)C(=O)Cc3ccc(S(=O)(=O)C(C)C)cc3)nc12. The zero-order valence-corrected chi connectivity index (χ0v) is 21.4. The van der Waals surface area contributed by atoms with Gasteiger partial charge in [0.2, 0.25) is 5.91 Å². The Labute approximate surface area is 208 Å². The maximum atomic E-state index is 13.5. The Morgan fingerprint density at radius 3 is 2.44 bits per heavy atom. The number of hydrogen-bond acceptors (Lipinski definition) is 6. The predicted molar refractivity (Wildman–Crippen MR) is 137 cm³/mol. The molecule has 0 aliphatic carbocycles. The lowest BCUT2D eigenvalue weighted by Gasteiger charge is -2.20. The Morgan fingerprint density at radius 1 is 1.09 bits per heavy atom. The number of carbonyl (C=O) groups excluding carboxylic acids is 1. The monoisotopic (exact) mass is 513 g/mol. The summed E-state index contributed by atoms with van der Waals surface area (Å²) in [6.07, 6.45) is 3.51. The highest BCUT2D eigenvalue weighted by atomic mass is 35.5. The van der Waals surface area contributed by atoms with E-state index < -0.39 is 15.1 Å². The van der Waals surface area contributed by atoms with Gasteiger partial charge in [0.15, 0.2) is 15.0 Å². The zero-order chi connectivity index (χ0) is 24.5. The lowest BCUT2D eigenvalue weighted by Crippen LogP contribution is -2.31. The summed E-state index contributed by atoms with van der Waals surface area (Å²) in [4.78, 5) is 24.3. The molecule has 0 radical (unpaired) electrons. The normalized spacial score (nSPS) is 11.8. The zero-order valence-electron chi connectivity index (χ0n) is 19.0. The number of aryl methyl sites for hydroxylation is 1. The largest absolute Gasteiger partial charge is 0.283 e. The molecule has 4 rings (SSSR count). The quantitative estimate of drug-likeness (QED) is 0.321. The maximum absolute atomic E-state index is 13.5. The molecular formula is C25H24ClN3O3S2. The van der Waals surface area contributed by atoms with Crippen LogP contribution in [0.15, 0.2) is 65.8 Å². The molecule has 1 amide bonds. The molecule has 0 saturated heterocycles. The van der Waals surface area contributed by atoms with Crippen molar-refractivity contribution in [2.45, 2.75) is 43.9 Å². The van der Waals surface area contributed by atoms with E-state index in [0.29, 0.717) is 16.7 Å². The highest BCUT2D eigenvalue weighted by molar-refractivity contribution is 7.92. The van der Waals surface area contributed by atoms with E-state index in [1.165, 1.54) is 11.3 Å². The number of fused-ring (bicyclic) bond motifs is 1. The summed E-state index contributed by atoms with van der Waals surface area (Å²) in [5, 5.41) is 0.642. The standard InChI is InChI=1S/C25H24ClN3O3S2/c1-16(2)34(31,32)20-9-7-18(8-10-20)13-22(30)29(15-19-5-4-12-27-14-19)25-28-23-17(3)6-11-21(26)24(23)33-25/h4-12,14,16H,13,15H2,1-3H3. The van der Waals surface area contributed by atoms with E-state index in [9.17, 15) is 13.2 Å². The lowest BCUT2D eigenvalue weighted by atomic mass is 10.1. The molecule has 0 saturated carbocycles. The van der Waals surface area contributed by atoms with Gasteiger partial charge in [-0.1, -0.05) is 47.2 Å². The van der Waals surface area contributed by atoms with Gasteiger partial charge >= 0.3 is 0 Å². The van der Waals surface area contributed by atoms with Crippen molar-refractivity contribution in [3.05, 3.63) is 82.6 Å². The minimum absolute atomic E-state index is 0.102. The third-order valence-corrected chi connectivity index (χ3v) is 9.22. The molecule has 2 aromatic heterocycles. The van der Waals surface area contributed by atoms with Crippen molar-refractivity contribution >= 4 is 54.0 Å². The van der Waals surface area contributed by atoms with Gasteiger partial charge in [0.05, 0.1) is 38.4 Å². The smallest absolute Gasteiger partial charge is 0.233 e. The summed E-state index contributed by atoms with van der Waals surface area (Å²) in [6.45, 7) is 5.56. The number of sulfone groups is 1. The van der Waals surface area contributed by atoms with E-state index in [2.05, 4.69) is 4.98 Å². The first-order valence-electron chi connectivity index (χ1n) is 10.7. The van der Waals surface area contributed by atoms with Crippen molar-refractivity contribution in [3.8, 4) is 0 Å². The first kappa shape index (κ1) is 24.3. The van der Waals surface area contributed by atoms with Crippen LogP contribution in [0.5, 0.6) is 0 Å². The topological polar surface area (TPSA) is 80.2 Å². The molecule has 176 valence electrons. The summed E-state index contributed by atoms with van der Waals surface area (Å²) in [6, 6.07) is 14.0. The van der Waals surface area contributed by atoms with Crippen LogP contribution in [-0.2, 0) is 27.6 Å². The molecule has 0 N–H and O–H groups in total. The minimum Gasteiger partial charge on any atom is -0.283 e. The van der Waals surface area contributed by atoms with Gasteiger partial charge in [0.1, 0.15) is 0 Å².